The highest BCUT2D eigenvalue weighted by molar-refractivity contribution is 14.1. The first-order valence-electron chi connectivity index (χ1n) is 7.52. The number of hydrogen-bond donors (Lipinski definition) is 1. The molecular weight excluding hydrogens is 365 g/mol. The van der Waals surface area contributed by atoms with E-state index in [0.717, 1.165) is 34.6 Å². The molecular formula is C15H24IN3O. The first-order chi connectivity index (χ1) is 9.61. The normalized spacial score (nSPS) is 26.5. The fourth-order valence-corrected chi connectivity index (χ4v) is 3.51. The molecule has 112 valence electrons. The Labute approximate surface area is 135 Å². The fraction of sp³-hybridized carbons (Fsp3) is 0.733. The quantitative estimate of drug-likeness (QED) is 0.775. The second-order valence-corrected chi connectivity index (χ2v) is 6.71. The van der Waals surface area contributed by atoms with Crippen LogP contribution in [0.4, 0.5) is 5.82 Å². The molecule has 0 bridgehead atoms. The molecule has 1 aliphatic rings. The summed E-state index contributed by atoms with van der Waals surface area (Å²) in [6.45, 7) is 8.01. The lowest BCUT2D eigenvalue weighted by Gasteiger charge is -2.38. The molecule has 1 fully saturated rings. The Kier molecular flexibility index (Phi) is 5.60. The van der Waals surface area contributed by atoms with Crippen molar-refractivity contribution in [3.63, 3.8) is 0 Å². The van der Waals surface area contributed by atoms with Gasteiger partial charge in [-0.15, -0.1) is 0 Å². The maximum absolute atomic E-state index is 6.14. The second kappa shape index (κ2) is 7.02. The molecule has 1 aliphatic carbocycles. The maximum Gasteiger partial charge on any atom is 0.162 e. The molecule has 1 saturated carbocycles. The summed E-state index contributed by atoms with van der Waals surface area (Å²) in [5.74, 6) is 2.44. The van der Waals surface area contributed by atoms with Crippen molar-refractivity contribution in [2.75, 3.05) is 18.5 Å². The molecule has 20 heavy (non-hydrogen) atoms. The highest BCUT2D eigenvalue weighted by Gasteiger charge is 2.40. The summed E-state index contributed by atoms with van der Waals surface area (Å²) in [4.78, 5) is 9.34. The van der Waals surface area contributed by atoms with E-state index in [0.29, 0.717) is 12.5 Å². The summed E-state index contributed by atoms with van der Waals surface area (Å²) in [7, 11) is 0. The van der Waals surface area contributed by atoms with Crippen LogP contribution in [0.5, 0.6) is 0 Å². The van der Waals surface area contributed by atoms with Crippen LogP contribution in [0.15, 0.2) is 6.20 Å². The molecule has 0 spiro atoms. The number of ether oxygens (including phenoxy) is 1. The molecule has 1 heterocycles. The van der Waals surface area contributed by atoms with E-state index < -0.39 is 0 Å². The zero-order chi connectivity index (χ0) is 14.6. The van der Waals surface area contributed by atoms with Crippen molar-refractivity contribution in [2.24, 2.45) is 5.92 Å². The zero-order valence-corrected chi connectivity index (χ0v) is 14.7. The van der Waals surface area contributed by atoms with E-state index in [1.807, 2.05) is 6.20 Å². The number of halogens is 1. The number of nitrogens with one attached hydrogen (secondary N) is 1. The first-order valence-corrected chi connectivity index (χ1v) is 8.60. The van der Waals surface area contributed by atoms with Crippen LogP contribution in [0.1, 0.15) is 52.3 Å². The van der Waals surface area contributed by atoms with Crippen LogP contribution < -0.4 is 5.32 Å². The van der Waals surface area contributed by atoms with Crippen LogP contribution in [0, 0.1) is 9.49 Å². The summed E-state index contributed by atoms with van der Waals surface area (Å²) >= 11 is 2.27. The highest BCUT2D eigenvalue weighted by atomic mass is 127. The van der Waals surface area contributed by atoms with Crippen molar-refractivity contribution in [3.05, 3.63) is 15.6 Å². The van der Waals surface area contributed by atoms with Crippen LogP contribution in [0.25, 0.3) is 0 Å². The van der Waals surface area contributed by atoms with Gasteiger partial charge in [0, 0.05) is 19.3 Å². The minimum atomic E-state index is -0.291. The Morgan fingerprint density at radius 3 is 2.95 bits per heavy atom. The van der Waals surface area contributed by atoms with E-state index in [4.69, 9.17) is 9.72 Å². The lowest BCUT2D eigenvalue weighted by molar-refractivity contribution is -0.0880. The molecule has 4 nitrogen and oxygen atoms in total. The van der Waals surface area contributed by atoms with Gasteiger partial charge in [-0.3, -0.25) is 0 Å². The molecule has 1 aromatic rings. The van der Waals surface area contributed by atoms with Gasteiger partial charge in [-0.1, -0.05) is 13.3 Å². The van der Waals surface area contributed by atoms with Crippen molar-refractivity contribution in [3.8, 4) is 0 Å². The average molecular weight is 389 g/mol. The molecule has 2 atom stereocenters. The van der Waals surface area contributed by atoms with E-state index >= 15 is 0 Å². The summed E-state index contributed by atoms with van der Waals surface area (Å²) in [5, 5.41) is 3.31. The molecule has 5 heteroatoms. The number of nitrogens with zero attached hydrogens (tertiary/aromatic N) is 2. The second-order valence-electron chi connectivity index (χ2n) is 5.55. The van der Waals surface area contributed by atoms with Crippen LogP contribution >= 0.6 is 22.6 Å². The number of aromatic nitrogens is 2. The van der Waals surface area contributed by atoms with E-state index in [-0.39, 0.29) is 5.60 Å². The van der Waals surface area contributed by atoms with Crippen LogP contribution in [-0.4, -0.2) is 23.1 Å². The lowest BCUT2D eigenvalue weighted by atomic mass is 9.78. The van der Waals surface area contributed by atoms with E-state index in [1.165, 1.54) is 12.8 Å². The van der Waals surface area contributed by atoms with Crippen molar-refractivity contribution < 1.29 is 4.74 Å². The average Bonchev–Trinajstić information content (AvgIpc) is 2.42. The molecule has 2 rings (SSSR count). The monoisotopic (exact) mass is 389 g/mol. The fourth-order valence-electron chi connectivity index (χ4n) is 3.06. The van der Waals surface area contributed by atoms with Crippen molar-refractivity contribution in [2.45, 2.75) is 52.1 Å². The van der Waals surface area contributed by atoms with Crippen molar-refractivity contribution >= 4 is 28.4 Å². The molecule has 0 aromatic carbocycles. The molecule has 0 saturated heterocycles. The number of rotatable bonds is 5. The summed E-state index contributed by atoms with van der Waals surface area (Å²) in [5.41, 5.74) is -0.291. The molecule has 0 aliphatic heterocycles. The Bertz CT molecular complexity index is 451. The predicted molar refractivity (Wildman–Crippen MR) is 89.8 cm³/mol. The van der Waals surface area contributed by atoms with Crippen LogP contribution in [-0.2, 0) is 10.3 Å². The van der Waals surface area contributed by atoms with E-state index in [9.17, 15) is 0 Å². The van der Waals surface area contributed by atoms with Gasteiger partial charge in [-0.2, -0.15) is 0 Å². The van der Waals surface area contributed by atoms with Gasteiger partial charge in [-0.25, -0.2) is 9.97 Å². The summed E-state index contributed by atoms with van der Waals surface area (Å²) < 4.78 is 7.20. The van der Waals surface area contributed by atoms with Crippen LogP contribution in [0.3, 0.4) is 0 Å². The smallest absolute Gasteiger partial charge is 0.162 e. The number of anilines is 1. The Morgan fingerprint density at radius 2 is 2.30 bits per heavy atom. The van der Waals surface area contributed by atoms with Gasteiger partial charge in [0.15, 0.2) is 5.82 Å². The minimum absolute atomic E-state index is 0.291. The van der Waals surface area contributed by atoms with E-state index in [1.54, 1.807) is 0 Å². The first kappa shape index (κ1) is 15.9. The van der Waals surface area contributed by atoms with Gasteiger partial charge in [0.1, 0.15) is 11.4 Å². The molecule has 1 N–H and O–H groups in total. The highest BCUT2D eigenvalue weighted by Crippen LogP contribution is 2.41. The van der Waals surface area contributed by atoms with Crippen molar-refractivity contribution in [1.82, 2.24) is 9.97 Å². The Hall–Kier alpha value is -0.430. The summed E-state index contributed by atoms with van der Waals surface area (Å²) in [6, 6.07) is 0. The third-order valence-electron chi connectivity index (χ3n) is 3.87. The van der Waals surface area contributed by atoms with Gasteiger partial charge in [-0.05, 0) is 61.6 Å². The largest absolute Gasteiger partial charge is 0.369 e. The van der Waals surface area contributed by atoms with Gasteiger partial charge in [0.05, 0.1) is 3.57 Å². The van der Waals surface area contributed by atoms with Crippen molar-refractivity contribution in [1.29, 1.82) is 0 Å². The summed E-state index contributed by atoms with van der Waals surface area (Å²) in [6.07, 6.45) is 6.41. The van der Waals surface area contributed by atoms with Gasteiger partial charge < -0.3 is 10.1 Å². The van der Waals surface area contributed by atoms with Crippen LogP contribution in [0.2, 0.25) is 0 Å². The predicted octanol–water partition coefficient (Wildman–Crippen LogP) is 3.95. The standard InChI is InChI=1S/C15H24IN3O/c1-4-17-13-12(16)10-18-14(19-13)15(20-5-2)8-6-7-11(3)9-15/h10-11H,4-9H2,1-3H3,(H,17,18,19). The SMILES string of the molecule is CCNc1nc(C2(OCC)CCCC(C)C2)ncc1I. The van der Waals surface area contributed by atoms with Gasteiger partial charge in [0.25, 0.3) is 0 Å². The topological polar surface area (TPSA) is 47.0 Å². The van der Waals surface area contributed by atoms with Gasteiger partial charge >= 0.3 is 0 Å². The minimum Gasteiger partial charge on any atom is -0.369 e. The third kappa shape index (κ3) is 3.42. The Balaban J connectivity index is 2.35. The maximum atomic E-state index is 6.14. The molecule has 0 amide bonds. The Morgan fingerprint density at radius 1 is 1.50 bits per heavy atom. The lowest BCUT2D eigenvalue weighted by Crippen LogP contribution is -2.37. The zero-order valence-electron chi connectivity index (χ0n) is 12.6. The van der Waals surface area contributed by atoms with E-state index in [2.05, 4.69) is 53.7 Å². The third-order valence-corrected chi connectivity index (χ3v) is 4.66. The molecule has 1 aromatic heterocycles. The molecule has 0 radical (unpaired) electrons. The number of hydrogen-bond acceptors (Lipinski definition) is 4. The van der Waals surface area contributed by atoms with Gasteiger partial charge in [0.2, 0.25) is 0 Å². The molecule has 2 unspecified atom stereocenters.